The molecule has 1 N–H and O–H groups in total. The molecule has 1 unspecified atom stereocenters. The minimum absolute atomic E-state index is 0.00722. The van der Waals surface area contributed by atoms with Gasteiger partial charge in [0.05, 0.1) is 22.6 Å². The van der Waals surface area contributed by atoms with Gasteiger partial charge in [0.15, 0.2) is 0 Å². The second kappa shape index (κ2) is 4.72. The zero-order chi connectivity index (χ0) is 9.84. The van der Waals surface area contributed by atoms with E-state index in [2.05, 4.69) is 26.2 Å². The van der Waals surface area contributed by atoms with Crippen LogP contribution in [0.2, 0.25) is 0 Å². The van der Waals surface area contributed by atoms with E-state index in [1.54, 1.807) is 23.8 Å². The van der Waals surface area contributed by atoms with E-state index >= 15 is 0 Å². The van der Waals surface area contributed by atoms with Crippen molar-refractivity contribution >= 4 is 33.2 Å². The van der Waals surface area contributed by atoms with Crippen LogP contribution in [0.5, 0.6) is 0 Å². The third kappa shape index (κ3) is 3.08. The topological polar surface area (TPSA) is 42.0 Å². The summed E-state index contributed by atoms with van der Waals surface area (Å²) in [5.74, 6) is 0.00722. The molecule has 0 aromatic carbocycles. The fourth-order valence-electron chi connectivity index (χ4n) is 0.804. The first kappa shape index (κ1) is 10.7. The van der Waals surface area contributed by atoms with Gasteiger partial charge in [0.1, 0.15) is 0 Å². The SMILES string of the molecule is Cc1ncsc1CNC(=O)C(C)Br. The van der Waals surface area contributed by atoms with Crippen molar-refractivity contribution in [3.05, 3.63) is 16.1 Å². The lowest BCUT2D eigenvalue weighted by atomic mass is 10.4. The molecule has 1 rings (SSSR count). The molecule has 0 saturated heterocycles. The summed E-state index contributed by atoms with van der Waals surface area (Å²) in [6.45, 7) is 4.32. The van der Waals surface area contributed by atoms with Crippen molar-refractivity contribution in [2.45, 2.75) is 25.2 Å². The fourth-order valence-corrected chi connectivity index (χ4v) is 1.68. The molecule has 0 bridgehead atoms. The number of rotatable bonds is 3. The summed E-state index contributed by atoms with van der Waals surface area (Å²) >= 11 is 4.76. The van der Waals surface area contributed by atoms with Crippen LogP contribution in [0.4, 0.5) is 0 Å². The summed E-state index contributed by atoms with van der Waals surface area (Å²) in [5.41, 5.74) is 2.78. The van der Waals surface area contributed by atoms with Gasteiger partial charge in [-0.3, -0.25) is 4.79 Å². The molecule has 0 fully saturated rings. The number of aryl methyl sites for hydroxylation is 1. The molecular weight excluding hydrogens is 252 g/mol. The molecule has 5 heteroatoms. The highest BCUT2D eigenvalue weighted by Gasteiger charge is 2.08. The van der Waals surface area contributed by atoms with Gasteiger partial charge in [0, 0.05) is 4.88 Å². The van der Waals surface area contributed by atoms with Gasteiger partial charge >= 0.3 is 0 Å². The second-order valence-corrected chi connectivity index (χ2v) is 5.01. The van der Waals surface area contributed by atoms with Crippen LogP contribution in [-0.4, -0.2) is 15.7 Å². The van der Waals surface area contributed by atoms with Crippen LogP contribution in [0.25, 0.3) is 0 Å². The average molecular weight is 263 g/mol. The van der Waals surface area contributed by atoms with Crippen molar-refractivity contribution in [1.82, 2.24) is 10.3 Å². The quantitative estimate of drug-likeness (QED) is 0.846. The number of alkyl halides is 1. The number of nitrogens with one attached hydrogen (secondary N) is 1. The summed E-state index contributed by atoms with van der Waals surface area (Å²) in [7, 11) is 0. The minimum atomic E-state index is -0.138. The van der Waals surface area contributed by atoms with Crippen LogP contribution in [0.1, 0.15) is 17.5 Å². The maximum Gasteiger partial charge on any atom is 0.233 e. The second-order valence-electron chi connectivity index (χ2n) is 2.69. The lowest BCUT2D eigenvalue weighted by Gasteiger charge is -2.04. The lowest BCUT2D eigenvalue weighted by Crippen LogP contribution is -2.28. The number of aromatic nitrogens is 1. The zero-order valence-electron chi connectivity index (χ0n) is 7.50. The smallest absolute Gasteiger partial charge is 0.233 e. The highest BCUT2D eigenvalue weighted by molar-refractivity contribution is 9.10. The molecule has 1 atom stereocenters. The standard InChI is InChI=1S/C8H11BrN2OS/c1-5(9)8(12)10-3-7-6(2)11-4-13-7/h4-5H,3H2,1-2H3,(H,10,12). The number of hydrogen-bond donors (Lipinski definition) is 1. The number of halogens is 1. The van der Waals surface area contributed by atoms with Crippen LogP contribution >= 0.6 is 27.3 Å². The van der Waals surface area contributed by atoms with E-state index in [4.69, 9.17) is 0 Å². The molecule has 1 aromatic heterocycles. The van der Waals surface area contributed by atoms with Gasteiger partial charge in [0.25, 0.3) is 0 Å². The summed E-state index contributed by atoms with van der Waals surface area (Å²) in [4.78, 5) is 16.2. The molecule has 13 heavy (non-hydrogen) atoms. The van der Waals surface area contributed by atoms with E-state index in [1.165, 1.54) is 0 Å². The maximum atomic E-state index is 11.2. The third-order valence-corrected chi connectivity index (χ3v) is 2.98. The molecule has 0 aliphatic heterocycles. The largest absolute Gasteiger partial charge is 0.350 e. The van der Waals surface area contributed by atoms with Crippen LogP contribution in [-0.2, 0) is 11.3 Å². The molecule has 0 spiro atoms. The number of carbonyl (C=O) groups excluding carboxylic acids is 1. The van der Waals surface area contributed by atoms with Gasteiger partial charge in [-0.15, -0.1) is 11.3 Å². The van der Waals surface area contributed by atoms with E-state index in [1.807, 2.05) is 6.92 Å². The van der Waals surface area contributed by atoms with Crippen molar-refractivity contribution in [2.24, 2.45) is 0 Å². The number of nitrogens with zero attached hydrogens (tertiary/aromatic N) is 1. The highest BCUT2D eigenvalue weighted by Crippen LogP contribution is 2.11. The van der Waals surface area contributed by atoms with E-state index in [9.17, 15) is 4.79 Å². The molecule has 0 aliphatic carbocycles. The van der Waals surface area contributed by atoms with Crippen LogP contribution < -0.4 is 5.32 Å². The van der Waals surface area contributed by atoms with Crippen molar-refractivity contribution in [1.29, 1.82) is 0 Å². The molecule has 0 radical (unpaired) electrons. The molecule has 72 valence electrons. The molecule has 3 nitrogen and oxygen atoms in total. The van der Waals surface area contributed by atoms with Gasteiger partial charge in [-0.2, -0.15) is 0 Å². The van der Waals surface area contributed by atoms with E-state index in [0.717, 1.165) is 10.6 Å². The van der Waals surface area contributed by atoms with Crippen LogP contribution in [0.3, 0.4) is 0 Å². The summed E-state index contributed by atoms with van der Waals surface area (Å²) in [5, 5.41) is 2.81. The number of carbonyl (C=O) groups is 1. The Morgan fingerprint density at radius 3 is 3.00 bits per heavy atom. The van der Waals surface area contributed by atoms with Gasteiger partial charge in [0.2, 0.25) is 5.91 Å². The maximum absolute atomic E-state index is 11.2. The van der Waals surface area contributed by atoms with Crippen molar-refractivity contribution < 1.29 is 4.79 Å². The lowest BCUT2D eigenvalue weighted by molar-refractivity contribution is -0.120. The molecule has 1 amide bonds. The molecule has 1 heterocycles. The first-order valence-corrected chi connectivity index (χ1v) is 5.71. The molecule has 1 aromatic rings. The Labute approximate surface area is 89.7 Å². The Hall–Kier alpha value is -0.420. The third-order valence-electron chi connectivity index (χ3n) is 1.63. The number of thiazole rings is 1. The minimum Gasteiger partial charge on any atom is -0.350 e. The Kier molecular flexibility index (Phi) is 3.87. The predicted octanol–water partition coefficient (Wildman–Crippen LogP) is 1.85. The van der Waals surface area contributed by atoms with E-state index in [0.29, 0.717) is 6.54 Å². The van der Waals surface area contributed by atoms with Gasteiger partial charge in [-0.1, -0.05) is 15.9 Å². The highest BCUT2D eigenvalue weighted by atomic mass is 79.9. The molecular formula is C8H11BrN2OS. The monoisotopic (exact) mass is 262 g/mol. The fraction of sp³-hybridized carbons (Fsp3) is 0.500. The Morgan fingerprint density at radius 2 is 2.54 bits per heavy atom. The summed E-state index contributed by atoms with van der Waals surface area (Å²) in [6.07, 6.45) is 0. The van der Waals surface area contributed by atoms with Gasteiger partial charge < -0.3 is 5.32 Å². The summed E-state index contributed by atoms with van der Waals surface area (Å²) < 4.78 is 0. The van der Waals surface area contributed by atoms with Gasteiger partial charge in [-0.25, -0.2) is 4.98 Å². The van der Waals surface area contributed by atoms with Crippen LogP contribution in [0, 0.1) is 6.92 Å². The van der Waals surface area contributed by atoms with E-state index in [-0.39, 0.29) is 10.7 Å². The first-order valence-electron chi connectivity index (χ1n) is 3.92. The normalized spacial score (nSPS) is 12.5. The number of amides is 1. The zero-order valence-corrected chi connectivity index (χ0v) is 9.91. The summed E-state index contributed by atoms with van der Waals surface area (Å²) in [6, 6.07) is 0. The van der Waals surface area contributed by atoms with Crippen molar-refractivity contribution in [2.75, 3.05) is 0 Å². The van der Waals surface area contributed by atoms with Gasteiger partial charge in [-0.05, 0) is 13.8 Å². The van der Waals surface area contributed by atoms with Crippen molar-refractivity contribution in [3.8, 4) is 0 Å². The first-order chi connectivity index (χ1) is 6.11. The predicted molar refractivity (Wildman–Crippen MR) is 57.1 cm³/mol. The molecule has 0 aliphatic rings. The van der Waals surface area contributed by atoms with Crippen molar-refractivity contribution in [3.63, 3.8) is 0 Å². The number of hydrogen-bond acceptors (Lipinski definition) is 3. The Morgan fingerprint density at radius 1 is 1.85 bits per heavy atom. The van der Waals surface area contributed by atoms with Crippen LogP contribution in [0.15, 0.2) is 5.51 Å². The van der Waals surface area contributed by atoms with E-state index < -0.39 is 0 Å². The Balaban J connectivity index is 2.44. The Bertz CT molecular complexity index is 298. The average Bonchev–Trinajstić information content (AvgIpc) is 2.47. The molecule has 0 saturated carbocycles.